The zero-order chi connectivity index (χ0) is 51.5. The van der Waals surface area contributed by atoms with Crippen LogP contribution in [-0.4, -0.2) is 8.80 Å². The van der Waals surface area contributed by atoms with E-state index in [2.05, 4.69) is 332 Å². The molecule has 0 amide bonds. The fourth-order valence-corrected chi connectivity index (χ4v) is 12.1. The first-order valence-electron chi connectivity index (χ1n) is 26.6. The molecule has 15 aromatic rings. The Morgan fingerprint density at radius 1 is 0.192 bits per heavy atom. The Morgan fingerprint density at radius 2 is 0.423 bits per heavy atom. The van der Waals surface area contributed by atoms with Crippen molar-refractivity contribution in [3.63, 3.8) is 0 Å². The molecule has 0 saturated carbocycles. The zero-order valence-corrected chi connectivity index (χ0v) is 42.6. The van der Waals surface area contributed by atoms with Gasteiger partial charge in [0.25, 0.3) is 0 Å². The minimum atomic E-state index is 1.07. The Labute approximate surface area is 452 Å². The molecule has 0 saturated heterocycles. The van der Waals surface area contributed by atoms with Crippen molar-refractivity contribution in [2.45, 2.75) is 0 Å². The van der Waals surface area contributed by atoms with Crippen molar-refractivity contribution >= 4 is 123 Å². The molecule has 0 N–H and O–H groups in total. The van der Waals surface area contributed by atoms with Crippen molar-refractivity contribution in [1.29, 1.82) is 0 Å². The zero-order valence-electron chi connectivity index (χ0n) is 42.6. The van der Waals surface area contributed by atoms with Crippen LogP contribution in [0.1, 0.15) is 0 Å². The second-order valence-corrected chi connectivity index (χ2v) is 19.8. The summed E-state index contributed by atoms with van der Waals surface area (Å²) in [6.45, 7) is 0. The van der Waals surface area contributed by atoms with Gasteiger partial charge in [0.2, 0.25) is 0 Å². The summed E-state index contributed by atoms with van der Waals surface area (Å²) in [4.78, 5) is 9.59. The summed E-state index contributed by atoms with van der Waals surface area (Å²) < 4.78 is 5.11. The highest BCUT2D eigenvalue weighted by Crippen LogP contribution is 2.52. The van der Waals surface area contributed by atoms with E-state index in [9.17, 15) is 0 Å². The minimum absolute atomic E-state index is 1.07. The Hall–Kier alpha value is -10.6. The molecule has 0 radical (unpaired) electrons. The van der Waals surface area contributed by atoms with Crippen LogP contribution in [0.2, 0.25) is 0 Å². The second-order valence-electron chi connectivity index (χ2n) is 19.8. The fourth-order valence-electron chi connectivity index (χ4n) is 12.1. The van der Waals surface area contributed by atoms with Crippen LogP contribution in [0.15, 0.2) is 303 Å². The third-order valence-corrected chi connectivity index (χ3v) is 15.3. The molecule has 15 rings (SSSR count). The SMILES string of the molecule is c1ccc(N(c2ccccc2)c2ccc3c(c2)c2c(N(c4ccccc4)c4ccccc4)ccc4c2n3c2ccc(N(c3ccccc3)c3ccccc3)c3c5cc(N(c6ccccc6)c6ccccc6)ccc5n4c32)cc1. The van der Waals surface area contributed by atoms with Crippen molar-refractivity contribution in [2.75, 3.05) is 19.6 Å². The molecule has 78 heavy (non-hydrogen) atoms. The Morgan fingerprint density at radius 3 is 0.679 bits per heavy atom. The molecule has 0 aliphatic heterocycles. The predicted octanol–water partition coefficient (Wildman–Crippen LogP) is 20.1. The number of rotatable bonds is 12. The normalized spacial score (nSPS) is 11.6. The summed E-state index contributed by atoms with van der Waals surface area (Å²) in [6, 6.07) is 110. The molecule has 0 aliphatic carbocycles. The molecule has 12 aromatic carbocycles. The fraction of sp³-hybridized carbons (Fsp3) is 0. The molecule has 3 heterocycles. The van der Waals surface area contributed by atoms with E-state index in [0.717, 1.165) is 123 Å². The van der Waals surface area contributed by atoms with E-state index in [-0.39, 0.29) is 0 Å². The lowest BCUT2D eigenvalue weighted by Gasteiger charge is -2.27. The number of aromatic nitrogens is 2. The smallest absolute Gasteiger partial charge is 0.0804 e. The summed E-state index contributed by atoms with van der Waals surface area (Å²) in [6.07, 6.45) is 0. The molecule has 0 fully saturated rings. The van der Waals surface area contributed by atoms with E-state index >= 15 is 0 Å². The summed E-state index contributed by atoms with van der Waals surface area (Å²) in [5.74, 6) is 0. The van der Waals surface area contributed by atoms with Crippen LogP contribution < -0.4 is 19.6 Å². The molecule has 6 heteroatoms. The molecule has 3 aromatic heterocycles. The van der Waals surface area contributed by atoms with E-state index in [4.69, 9.17) is 0 Å². The van der Waals surface area contributed by atoms with Crippen LogP contribution in [-0.2, 0) is 0 Å². The highest BCUT2D eigenvalue weighted by Gasteiger charge is 2.29. The molecule has 368 valence electrons. The van der Waals surface area contributed by atoms with Gasteiger partial charge < -0.3 is 28.4 Å². The maximum atomic E-state index is 2.55. The van der Waals surface area contributed by atoms with Crippen LogP contribution in [0.25, 0.3) is 54.6 Å². The van der Waals surface area contributed by atoms with Crippen molar-refractivity contribution in [3.05, 3.63) is 303 Å². The van der Waals surface area contributed by atoms with Crippen molar-refractivity contribution < 1.29 is 0 Å². The number of hydrogen-bond acceptors (Lipinski definition) is 4. The third-order valence-electron chi connectivity index (χ3n) is 15.3. The second kappa shape index (κ2) is 18.7. The lowest BCUT2D eigenvalue weighted by molar-refractivity contribution is 1.24. The van der Waals surface area contributed by atoms with Gasteiger partial charge in [-0.2, -0.15) is 0 Å². The largest absolute Gasteiger partial charge is 0.310 e. The van der Waals surface area contributed by atoms with Crippen molar-refractivity contribution in [2.24, 2.45) is 0 Å². The maximum absolute atomic E-state index is 2.55. The average molecular weight is 999 g/mol. The number of para-hydroxylation sites is 8. The van der Waals surface area contributed by atoms with Gasteiger partial charge in [0.15, 0.2) is 0 Å². The van der Waals surface area contributed by atoms with Gasteiger partial charge in [0.1, 0.15) is 0 Å². The number of nitrogens with zero attached hydrogens (tertiary/aromatic N) is 6. The van der Waals surface area contributed by atoms with E-state index in [1.807, 2.05) is 0 Å². The lowest BCUT2D eigenvalue weighted by atomic mass is 10.1. The third kappa shape index (κ3) is 7.26. The van der Waals surface area contributed by atoms with Gasteiger partial charge in [0.05, 0.1) is 44.5 Å². The highest BCUT2D eigenvalue weighted by molar-refractivity contribution is 6.28. The monoisotopic (exact) mass is 998 g/mol. The first kappa shape index (κ1) is 44.9. The number of hydrogen-bond donors (Lipinski definition) is 0. The molecular weight excluding hydrogens is 949 g/mol. The Balaban J connectivity index is 1.11. The van der Waals surface area contributed by atoms with Gasteiger partial charge in [-0.3, -0.25) is 0 Å². The Bertz CT molecular complexity index is 4130. The topological polar surface area (TPSA) is 21.8 Å². The standard InChI is InChI=1S/C72H50N6/c1-9-25-51(26-10-1)73(52-27-11-2-12-28-52)59-41-43-63-61(49-59)69-65(75(55-33-17-5-18-34-55)56-35-19-6-20-36-56)45-47-67-71(69)77(63)68-48-46-66(76(57-37-21-7-22-38-57)58-39-23-8-24-40-58)70-62-50-60(42-44-64(62)78(67)72(68)70)74(53-29-13-3-14-30-53)54-31-15-4-16-32-54/h1-50H. The van der Waals surface area contributed by atoms with Gasteiger partial charge in [-0.1, -0.05) is 146 Å². The summed E-state index contributed by atoms with van der Waals surface area (Å²) in [5.41, 5.74) is 19.8. The lowest BCUT2D eigenvalue weighted by Crippen LogP contribution is -2.11. The minimum Gasteiger partial charge on any atom is -0.310 e. The summed E-state index contributed by atoms with van der Waals surface area (Å²) in [5, 5.41) is 4.63. The first-order chi connectivity index (χ1) is 38.8. The number of benzene rings is 12. The molecular formula is C72H50N6. The number of anilines is 12. The van der Waals surface area contributed by atoms with Crippen LogP contribution in [0.5, 0.6) is 0 Å². The van der Waals surface area contributed by atoms with Crippen LogP contribution in [0.3, 0.4) is 0 Å². The summed E-state index contributed by atoms with van der Waals surface area (Å²) >= 11 is 0. The highest BCUT2D eigenvalue weighted by atomic mass is 15.2. The van der Waals surface area contributed by atoms with E-state index in [1.165, 1.54) is 0 Å². The van der Waals surface area contributed by atoms with Gasteiger partial charge >= 0.3 is 0 Å². The molecule has 0 aliphatic rings. The van der Waals surface area contributed by atoms with Gasteiger partial charge in [-0.05, 0) is 158 Å². The Kier molecular flexibility index (Phi) is 10.7. The molecule has 0 atom stereocenters. The first-order valence-corrected chi connectivity index (χ1v) is 26.6. The molecule has 0 unspecified atom stereocenters. The van der Waals surface area contributed by atoms with Crippen LogP contribution >= 0.6 is 0 Å². The molecule has 0 spiro atoms. The van der Waals surface area contributed by atoms with E-state index in [0.29, 0.717) is 0 Å². The predicted molar refractivity (Wildman–Crippen MR) is 328 cm³/mol. The molecule has 6 nitrogen and oxygen atoms in total. The number of fused-ring (bicyclic) bond motifs is 8. The summed E-state index contributed by atoms with van der Waals surface area (Å²) in [7, 11) is 0. The quantitative estimate of drug-likeness (QED) is 0.114. The van der Waals surface area contributed by atoms with Crippen LogP contribution in [0.4, 0.5) is 68.2 Å². The van der Waals surface area contributed by atoms with Crippen LogP contribution in [0, 0.1) is 0 Å². The van der Waals surface area contributed by atoms with Gasteiger partial charge in [0, 0.05) is 78.4 Å². The molecule has 0 bridgehead atoms. The average Bonchev–Trinajstić information content (AvgIpc) is 4.25. The maximum Gasteiger partial charge on any atom is 0.0804 e. The van der Waals surface area contributed by atoms with Crippen molar-refractivity contribution in [1.82, 2.24) is 8.80 Å². The van der Waals surface area contributed by atoms with E-state index < -0.39 is 0 Å². The van der Waals surface area contributed by atoms with Gasteiger partial charge in [-0.15, -0.1) is 0 Å². The van der Waals surface area contributed by atoms with Gasteiger partial charge in [-0.25, -0.2) is 0 Å². The van der Waals surface area contributed by atoms with Crippen molar-refractivity contribution in [3.8, 4) is 0 Å². The van der Waals surface area contributed by atoms with E-state index in [1.54, 1.807) is 0 Å².